The lowest BCUT2D eigenvalue weighted by molar-refractivity contribution is -0.118. The average Bonchev–Trinajstić information content (AvgIpc) is 3.35. The van der Waals surface area contributed by atoms with E-state index >= 15 is 0 Å². The summed E-state index contributed by atoms with van der Waals surface area (Å²) >= 11 is 1.39. The Hall–Kier alpha value is -1.74. The third-order valence-corrected chi connectivity index (χ3v) is 8.05. The molecule has 1 amide bonds. The van der Waals surface area contributed by atoms with Crippen molar-refractivity contribution in [3.63, 3.8) is 0 Å². The van der Waals surface area contributed by atoms with E-state index < -0.39 is 9.84 Å². The van der Waals surface area contributed by atoms with Crippen molar-refractivity contribution in [3.05, 3.63) is 18.2 Å². The fourth-order valence-corrected chi connectivity index (χ4v) is 7.28. The topological polar surface area (TPSA) is 85.3 Å². The molecule has 1 aromatic rings. The number of amidine groups is 1. The van der Waals surface area contributed by atoms with Crippen molar-refractivity contribution in [2.75, 3.05) is 30.6 Å². The SMILES string of the molecule is COc1ccc(N2C(=NC(=O)C3CC3)S[C@@H]3CS(=O)(=O)C[C@@H]32)cc1OC. The lowest BCUT2D eigenvalue weighted by atomic mass is 10.2. The van der Waals surface area contributed by atoms with Crippen LogP contribution in [0.25, 0.3) is 0 Å². The van der Waals surface area contributed by atoms with Gasteiger partial charge < -0.3 is 14.4 Å². The predicted octanol–water partition coefficient (Wildman–Crippen LogP) is 1.72. The van der Waals surface area contributed by atoms with Gasteiger partial charge in [0.15, 0.2) is 26.5 Å². The monoisotopic (exact) mass is 396 g/mol. The first kappa shape index (κ1) is 17.7. The highest BCUT2D eigenvalue weighted by Crippen LogP contribution is 2.43. The predicted molar refractivity (Wildman–Crippen MR) is 101 cm³/mol. The van der Waals surface area contributed by atoms with Gasteiger partial charge in [0.2, 0.25) is 0 Å². The number of thioether (sulfide) groups is 1. The molecule has 2 atom stereocenters. The highest BCUT2D eigenvalue weighted by atomic mass is 32.2. The number of rotatable bonds is 4. The molecule has 2 aliphatic heterocycles. The minimum Gasteiger partial charge on any atom is -0.493 e. The van der Waals surface area contributed by atoms with Crippen molar-refractivity contribution in [2.24, 2.45) is 10.9 Å². The van der Waals surface area contributed by atoms with Gasteiger partial charge in [0, 0.05) is 22.9 Å². The Morgan fingerprint density at radius 1 is 1.19 bits per heavy atom. The number of sulfone groups is 1. The van der Waals surface area contributed by atoms with E-state index in [9.17, 15) is 13.2 Å². The molecule has 9 heteroatoms. The van der Waals surface area contributed by atoms with Crippen LogP contribution in [0.4, 0.5) is 5.69 Å². The number of ether oxygens (including phenoxy) is 2. The summed E-state index contributed by atoms with van der Waals surface area (Å²) < 4.78 is 34.8. The molecule has 3 aliphatic rings. The molecular formula is C17H20N2O5S2. The van der Waals surface area contributed by atoms with Crippen LogP contribution < -0.4 is 14.4 Å². The smallest absolute Gasteiger partial charge is 0.251 e. The van der Waals surface area contributed by atoms with E-state index in [1.165, 1.54) is 11.8 Å². The Morgan fingerprint density at radius 3 is 2.58 bits per heavy atom. The number of hydrogen-bond donors (Lipinski definition) is 0. The number of nitrogens with zero attached hydrogens (tertiary/aromatic N) is 2. The van der Waals surface area contributed by atoms with Gasteiger partial charge in [-0.3, -0.25) is 4.79 Å². The lowest BCUT2D eigenvalue weighted by Gasteiger charge is -2.25. The van der Waals surface area contributed by atoms with Crippen LogP contribution in [0.15, 0.2) is 23.2 Å². The van der Waals surface area contributed by atoms with Crippen molar-refractivity contribution in [1.29, 1.82) is 0 Å². The highest BCUT2D eigenvalue weighted by Gasteiger charge is 2.49. The van der Waals surface area contributed by atoms with Crippen molar-refractivity contribution in [1.82, 2.24) is 0 Å². The summed E-state index contributed by atoms with van der Waals surface area (Å²) in [6, 6.07) is 5.18. The van der Waals surface area contributed by atoms with Crippen LogP contribution in [0.5, 0.6) is 11.5 Å². The number of carbonyl (C=O) groups is 1. The first-order valence-electron chi connectivity index (χ1n) is 8.43. The maximum Gasteiger partial charge on any atom is 0.251 e. The van der Waals surface area contributed by atoms with Crippen molar-refractivity contribution in [2.45, 2.75) is 24.1 Å². The van der Waals surface area contributed by atoms with E-state index in [-0.39, 0.29) is 34.6 Å². The van der Waals surface area contributed by atoms with Crippen LogP contribution in [0.2, 0.25) is 0 Å². The third kappa shape index (κ3) is 3.18. The minimum absolute atomic E-state index is 0.0273. The molecule has 4 rings (SSSR count). The second kappa shape index (κ2) is 6.45. The molecule has 7 nitrogen and oxygen atoms in total. The molecule has 26 heavy (non-hydrogen) atoms. The molecule has 0 unspecified atom stereocenters. The molecule has 1 saturated carbocycles. The quantitative estimate of drug-likeness (QED) is 0.766. The van der Waals surface area contributed by atoms with Crippen molar-refractivity contribution < 1.29 is 22.7 Å². The number of hydrogen-bond acceptors (Lipinski definition) is 6. The molecule has 1 aliphatic carbocycles. The first-order chi connectivity index (χ1) is 12.4. The molecular weight excluding hydrogens is 376 g/mol. The molecule has 140 valence electrons. The van der Waals surface area contributed by atoms with Crippen LogP contribution in [0.3, 0.4) is 0 Å². The Kier molecular flexibility index (Phi) is 4.38. The number of carbonyl (C=O) groups excluding carboxylic acids is 1. The minimum atomic E-state index is -3.09. The summed E-state index contributed by atoms with van der Waals surface area (Å²) in [4.78, 5) is 18.4. The van der Waals surface area contributed by atoms with Crippen LogP contribution in [0.1, 0.15) is 12.8 Å². The molecule has 3 fully saturated rings. The number of fused-ring (bicyclic) bond motifs is 1. The Bertz CT molecular complexity index is 879. The highest BCUT2D eigenvalue weighted by molar-refractivity contribution is 8.16. The van der Waals surface area contributed by atoms with Gasteiger partial charge in [-0.15, -0.1) is 0 Å². The molecule has 1 aromatic carbocycles. The fourth-order valence-electron chi connectivity index (χ4n) is 3.36. The van der Waals surface area contributed by atoms with Crippen LogP contribution in [-0.2, 0) is 14.6 Å². The zero-order valence-electron chi connectivity index (χ0n) is 14.5. The second-order valence-corrected chi connectivity index (χ2v) is 10.1. The Morgan fingerprint density at radius 2 is 1.92 bits per heavy atom. The summed E-state index contributed by atoms with van der Waals surface area (Å²) in [5.41, 5.74) is 0.752. The van der Waals surface area contributed by atoms with E-state index in [1.54, 1.807) is 26.4 Å². The fraction of sp³-hybridized carbons (Fsp3) is 0.529. The summed E-state index contributed by atoms with van der Waals surface area (Å²) in [6.45, 7) is 0. The number of amides is 1. The Labute approximate surface area is 156 Å². The number of anilines is 1. The van der Waals surface area contributed by atoms with Gasteiger partial charge in [0.05, 0.1) is 31.8 Å². The number of methoxy groups -OCH3 is 2. The lowest BCUT2D eigenvalue weighted by Crippen LogP contribution is -2.37. The number of aliphatic imine (C=N–C) groups is 1. The largest absolute Gasteiger partial charge is 0.493 e. The molecule has 2 saturated heterocycles. The maximum atomic E-state index is 12.2. The van der Waals surface area contributed by atoms with Gasteiger partial charge in [0.25, 0.3) is 5.91 Å². The summed E-state index contributed by atoms with van der Waals surface area (Å²) in [6.07, 6.45) is 1.77. The van der Waals surface area contributed by atoms with Crippen LogP contribution in [0, 0.1) is 5.92 Å². The maximum absolute atomic E-state index is 12.2. The van der Waals surface area contributed by atoms with Gasteiger partial charge in [-0.25, -0.2) is 8.42 Å². The molecule has 0 N–H and O–H groups in total. The van der Waals surface area contributed by atoms with Crippen molar-refractivity contribution >= 4 is 38.4 Å². The average molecular weight is 396 g/mol. The summed E-state index contributed by atoms with van der Waals surface area (Å²) in [5.74, 6) is 1.23. The molecule has 0 bridgehead atoms. The second-order valence-electron chi connectivity index (χ2n) is 6.72. The van der Waals surface area contributed by atoms with Crippen LogP contribution >= 0.6 is 11.8 Å². The van der Waals surface area contributed by atoms with Gasteiger partial charge in [-0.1, -0.05) is 11.8 Å². The molecule has 2 heterocycles. The molecule has 0 aromatic heterocycles. The standard InChI is InChI=1S/C17H20N2O5S2/c1-23-13-6-5-11(7-14(13)24-2)19-12-8-26(21,22)9-15(12)25-17(19)18-16(20)10-3-4-10/h5-7,10,12,15H,3-4,8-9H2,1-2H3/t12-,15+/m0/s1. The van der Waals surface area contributed by atoms with E-state index in [2.05, 4.69) is 4.99 Å². The van der Waals surface area contributed by atoms with E-state index in [1.807, 2.05) is 11.0 Å². The number of benzene rings is 1. The zero-order valence-corrected chi connectivity index (χ0v) is 16.2. The van der Waals surface area contributed by atoms with Gasteiger partial charge >= 0.3 is 0 Å². The van der Waals surface area contributed by atoms with E-state index in [0.29, 0.717) is 16.7 Å². The zero-order chi connectivity index (χ0) is 18.5. The summed E-state index contributed by atoms with van der Waals surface area (Å²) in [7, 11) is 0.0208. The summed E-state index contributed by atoms with van der Waals surface area (Å²) in [5, 5.41) is 0.470. The van der Waals surface area contributed by atoms with Gasteiger partial charge in [-0.05, 0) is 25.0 Å². The van der Waals surface area contributed by atoms with Gasteiger partial charge in [0.1, 0.15) is 0 Å². The third-order valence-electron chi connectivity index (χ3n) is 4.84. The molecule has 0 radical (unpaired) electrons. The first-order valence-corrected chi connectivity index (χ1v) is 11.1. The van der Waals surface area contributed by atoms with E-state index in [0.717, 1.165) is 18.5 Å². The van der Waals surface area contributed by atoms with E-state index in [4.69, 9.17) is 9.47 Å². The van der Waals surface area contributed by atoms with Crippen molar-refractivity contribution in [3.8, 4) is 11.5 Å². The van der Waals surface area contributed by atoms with Crippen LogP contribution in [-0.4, -0.2) is 56.5 Å². The normalized spacial score (nSPS) is 28.2. The Balaban J connectivity index is 1.74. The molecule has 0 spiro atoms. The van der Waals surface area contributed by atoms with Gasteiger partial charge in [-0.2, -0.15) is 4.99 Å².